The maximum Gasteiger partial charge on any atom is 0.276 e. The molecular weight excluding hydrogens is 647 g/mol. The number of nitrogens with zero attached hydrogens (tertiary/aromatic N) is 4. The van der Waals surface area contributed by atoms with E-state index in [1.165, 1.54) is 59.3 Å². The first-order valence-electron chi connectivity index (χ1n) is 16.6. The number of fused-ring (bicyclic) bond motifs is 6. The minimum absolute atomic E-state index is 0.118. The Balaban J connectivity index is 1.15. The van der Waals surface area contributed by atoms with Crippen molar-refractivity contribution in [1.29, 1.82) is 0 Å². The average Bonchev–Trinajstić information content (AvgIpc) is 3.54. The third-order valence-electron chi connectivity index (χ3n) is 8.99. The summed E-state index contributed by atoms with van der Waals surface area (Å²) in [4.78, 5) is 17.6. The highest BCUT2D eigenvalue weighted by atomic mass is 32.2. The number of non-ortho nitro benzene ring substituents is 1. The van der Waals surface area contributed by atoms with Crippen molar-refractivity contribution in [2.75, 3.05) is 0 Å². The Morgan fingerprint density at radius 3 is 1.96 bits per heavy atom. The molecule has 6 aromatic carbocycles. The van der Waals surface area contributed by atoms with Crippen LogP contribution in [0.1, 0.15) is 38.2 Å². The number of hydrogen-bond acceptors (Lipinski definition) is 6. The van der Waals surface area contributed by atoms with Crippen LogP contribution >= 0.6 is 0 Å². The van der Waals surface area contributed by atoms with E-state index in [4.69, 9.17) is 4.98 Å². The van der Waals surface area contributed by atoms with Gasteiger partial charge in [0.05, 0.1) is 27.1 Å². The SMILES string of the molecule is CCCCCCn1c(-c2ccc(-c3ccc(/C=N/NS(=O)(=O)c4ccc([N+](=O)[O-])cc4)cc3)cc2)nc2c3ccccc3c3ccccc3c21. The van der Waals surface area contributed by atoms with Crippen LogP contribution in [0.5, 0.6) is 0 Å². The van der Waals surface area contributed by atoms with Gasteiger partial charge < -0.3 is 4.57 Å². The zero-order valence-electron chi connectivity index (χ0n) is 27.5. The molecule has 10 heteroatoms. The van der Waals surface area contributed by atoms with E-state index in [1.807, 2.05) is 24.3 Å². The Morgan fingerprint density at radius 2 is 1.32 bits per heavy atom. The van der Waals surface area contributed by atoms with Crippen LogP contribution in [-0.2, 0) is 16.6 Å². The Bertz CT molecular complexity index is 2470. The van der Waals surface area contributed by atoms with Crippen molar-refractivity contribution >= 4 is 54.5 Å². The van der Waals surface area contributed by atoms with E-state index >= 15 is 0 Å². The molecule has 1 aromatic heterocycles. The van der Waals surface area contributed by atoms with Crippen molar-refractivity contribution < 1.29 is 13.3 Å². The first-order valence-corrected chi connectivity index (χ1v) is 18.1. The van der Waals surface area contributed by atoms with Crippen molar-refractivity contribution in [2.45, 2.75) is 44.0 Å². The summed E-state index contributed by atoms with van der Waals surface area (Å²) < 4.78 is 27.5. The predicted octanol–water partition coefficient (Wildman–Crippen LogP) is 9.48. The molecule has 0 aliphatic carbocycles. The van der Waals surface area contributed by atoms with Crippen LogP contribution in [-0.4, -0.2) is 29.1 Å². The minimum atomic E-state index is -3.97. The lowest BCUT2D eigenvalue weighted by molar-refractivity contribution is -0.384. The molecule has 0 saturated heterocycles. The zero-order valence-corrected chi connectivity index (χ0v) is 28.3. The molecule has 250 valence electrons. The molecule has 7 rings (SSSR count). The Morgan fingerprint density at radius 1 is 0.740 bits per heavy atom. The summed E-state index contributed by atoms with van der Waals surface area (Å²) in [6.07, 6.45) is 6.06. The number of sulfonamides is 1. The summed E-state index contributed by atoms with van der Waals surface area (Å²) in [6, 6.07) is 37.9. The molecule has 7 aromatic rings. The zero-order chi connectivity index (χ0) is 34.7. The van der Waals surface area contributed by atoms with Gasteiger partial charge in [-0.2, -0.15) is 13.5 Å². The highest BCUT2D eigenvalue weighted by Gasteiger charge is 2.19. The van der Waals surface area contributed by atoms with Gasteiger partial charge in [-0.1, -0.05) is 123 Å². The summed E-state index contributed by atoms with van der Waals surface area (Å²) in [6.45, 7) is 3.13. The van der Waals surface area contributed by atoms with Gasteiger partial charge in [0, 0.05) is 35.0 Å². The second-order valence-corrected chi connectivity index (χ2v) is 13.9. The van der Waals surface area contributed by atoms with Crippen LogP contribution in [0.4, 0.5) is 5.69 Å². The van der Waals surface area contributed by atoms with Crippen LogP contribution in [0, 0.1) is 10.1 Å². The number of nitro benzene ring substituents is 1. The van der Waals surface area contributed by atoms with Gasteiger partial charge in [0.15, 0.2) is 0 Å². The van der Waals surface area contributed by atoms with Crippen LogP contribution in [0.3, 0.4) is 0 Å². The standard InChI is InChI=1S/C40H35N5O4S/c1-2-3-4-9-26-44-39-37-13-8-6-11-35(37)34-10-5-7-12-36(34)38(39)42-40(44)31-20-18-30(19-21-31)29-16-14-28(15-17-29)27-41-43-50(48,49)33-24-22-32(23-25-33)45(46)47/h5-8,10-25,27,43H,2-4,9,26H2,1H3/b41-27+. The predicted molar refractivity (Wildman–Crippen MR) is 201 cm³/mol. The maximum absolute atomic E-state index is 12.5. The molecule has 50 heavy (non-hydrogen) atoms. The fourth-order valence-electron chi connectivity index (χ4n) is 6.44. The normalized spacial score (nSPS) is 11.9. The fraction of sp³-hybridized carbons (Fsp3) is 0.150. The van der Waals surface area contributed by atoms with Gasteiger partial charge in [-0.25, -0.2) is 9.82 Å². The number of nitro groups is 1. The minimum Gasteiger partial charge on any atom is -0.323 e. The second-order valence-electron chi connectivity index (χ2n) is 12.2. The molecule has 0 radical (unpaired) electrons. The van der Waals surface area contributed by atoms with Gasteiger partial charge in [0.2, 0.25) is 0 Å². The van der Waals surface area contributed by atoms with Gasteiger partial charge in [-0.3, -0.25) is 10.1 Å². The lowest BCUT2D eigenvalue weighted by atomic mass is 10.00. The van der Waals surface area contributed by atoms with Crippen molar-refractivity contribution in [3.05, 3.63) is 137 Å². The topological polar surface area (TPSA) is 119 Å². The molecule has 0 spiro atoms. The molecule has 0 amide bonds. The molecule has 0 unspecified atom stereocenters. The third kappa shape index (κ3) is 6.45. The van der Waals surface area contributed by atoms with Gasteiger partial charge >= 0.3 is 0 Å². The number of imidazole rings is 1. The van der Waals surface area contributed by atoms with Crippen LogP contribution < -0.4 is 4.83 Å². The van der Waals surface area contributed by atoms with E-state index in [9.17, 15) is 18.5 Å². The highest BCUT2D eigenvalue weighted by molar-refractivity contribution is 7.89. The van der Waals surface area contributed by atoms with E-state index in [0.717, 1.165) is 58.5 Å². The number of rotatable bonds is 12. The van der Waals surface area contributed by atoms with Gasteiger partial charge in [-0.05, 0) is 46.0 Å². The number of hydrogen-bond donors (Lipinski definition) is 1. The maximum atomic E-state index is 12.5. The van der Waals surface area contributed by atoms with Gasteiger partial charge in [0.1, 0.15) is 5.82 Å². The third-order valence-corrected chi connectivity index (χ3v) is 10.2. The lowest BCUT2D eigenvalue weighted by Gasteiger charge is -2.12. The first-order chi connectivity index (χ1) is 24.3. The molecular formula is C40H35N5O4S. The lowest BCUT2D eigenvalue weighted by Crippen LogP contribution is -2.18. The Hall–Kier alpha value is -5.87. The number of nitrogens with one attached hydrogen (secondary N) is 1. The molecule has 0 bridgehead atoms. The summed E-state index contributed by atoms with van der Waals surface area (Å²) >= 11 is 0. The number of benzene rings is 6. The molecule has 0 fully saturated rings. The molecule has 1 heterocycles. The Labute approximate surface area is 290 Å². The van der Waals surface area contributed by atoms with Crippen LogP contribution in [0.15, 0.2) is 131 Å². The largest absolute Gasteiger partial charge is 0.323 e. The number of hydrazone groups is 1. The second kappa shape index (κ2) is 13.9. The van der Waals surface area contributed by atoms with E-state index in [2.05, 4.69) is 94.2 Å². The molecule has 0 aliphatic rings. The van der Waals surface area contributed by atoms with E-state index in [1.54, 1.807) is 0 Å². The van der Waals surface area contributed by atoms with Crippen molar-refractivity contribution in [1.82, 2.24) is 14.4 Å². The van der Waals surface area contributed by atoms with Gasteiger partial charge in [-0.15, -0.1) is 0 Å². The van der Waals surface area contributed by atoms with Crippen LogP contribution in [0.25, 0.3) is 55.1 Å². The Kier molecular flexibility index (Phi) is 9.10. The summed E-state index contributed by atoms with van der Waals surface area (Å²) in [7, 11) is -3.97. The van der Waals surface area contributed by atoms with E-state index in [0.29, 0.717) is 5.56 Å². The van der Waals surface area contributed by atoms with Crippen molar-refractivity contribution in [3.8, 4) is 22.5 Å². The molecule has 0 aliphatic heterocycles. The van der Waals surface area contributed by atoms with Gasteiger partial charge in [0.25, 0.3) is 15.7 Å². The monoisotopic (exact) mass is 681 g/mol. The number of unbranched alkanes of at least 4 members (excludes halogenated alkanes) is 3. The molecule has 0 atom stereocenters. The molecule has 0 saturated carbocycles. The molecule has 9 nitrogen and oxygen atoms in total. The van der Waals surface area contributed by atoms with Crippen molar-refractivity contribution in [3.63, 3.8) is 0 Å². The fourth-order valence-corrected chi connectivity index (χ4v) is 7.23. The quantitative estimate of drug-likeness (QED) is 0.0453. The van der Waals surface area contributed by atoms with Crippen molar-refractivity contribution in [2.24, 2.45) is 5.10 Å². The molecule has 1 N–H and O–H groups in total. The van der Waals surface area contributed by atoms with E-state index < -0.39 is 14.9 Å². The smallest absolute Gasteiger partial charge is 0.276 e. The van der Waals surface area contributed by atoms with E-state index in [-0.39, 0.29) is 10.6 Å². The van der Waals surface area contributed by atoms with Crippen LogP contribution in [0.2, 0.25) is 0 Å². The summed E-state index contributed by atoms with van der Waals surface area (Å²) in [5, 5.41) is 19.6. The summed E-state index contributed by atoms with van der Waals surface area (Å²) in [5.41, 5.74) is 5.82. The highest BCUT2D eigenvalue weighted by Crippen LogP contribution is 2.38. The number of aryl methyl sites for hydroxylation is 1. The average molecular weight is 682 g/mol. The summed E-state index contributed by atoms with van der Waals surface area (Å²) in [5.74, 6) is 0.965. The number of aromatic nitrogens is 2. The first kappa shape index (κ1) is 32.7.